The molecule has 51 valence electrons. The summed E-state index contributed by atoms with van der Waals surface area (Å²) < 4.78 is 0. The Morgan fingerprint density at radius 1 is 1.67 bits per heavy atom. The lowest BCUT2D eigenvalue weighted by Gasteiger charge is -2.01. The molecule has 0 aliphatic rings. The van der Waals surface area contributed by atoms with Crippen molar-refractivity contribution in [3.63, 3.8) is 0 Å². The van der Waals surface area contributed by atoms with Crippen LogP contribution in [0.25, 0.3) is 0 Å². The van der Waals surface area contributed by atoms with Crippen LogP contribution in [-0.2, 0) is 0 Å². The Balaban J connectivity index is 2.99. The molecule has 1 unspecified atom stereocenters. The smallest absolute Gasteiger partial charge is 0.0621 e. The van der Waals surface area contributed by atoms with Crippen molar-refractivity contribution in [1.29, 1.82) is 5.26 Å². The van der Waals surface area contributed by atoms with E-state index in [2.05, 4.69) is 13.0 Å². The maximum Gasteiger partial charge on any atom is 0.0621 e. The van der Waals surface area contributed by atoms with Gasteiger partial charge in [-0.05, 0) is 19.3 Å². The second-order valence-electron chi connectivity index (χ2n) is 1.94. The predicted molar refractivity (Wildman–Crippen MR) is 39.1 cm³/mol. The van der Waals surface area contributed by atoms with E-state index in [9.17, 15) is 0 Å². The lowest BCUT2D eigenvalue weighted by molar-refractivity contribution is 0.706. The van der Waals surface area contributed by atoms with Crippen LogP contribution in [0.5, 0.6) is 0 Å². The molecule has 0 aliphatic heterocycles. The fourth-order valence-electron chi connectivity index (χ4n) is 0.547. The van der Waals surface area contributed by atoms with Gasteiger partial charge in [0.05, 0.1) is 6.07 Å². The molecule has 0 saturated carbocycles. The fourth-order valence-corrected chi connectivity index (χ4v) is 0.701. The molecule has 0 bridgehead atoms. The van der Waals surface area contributed by atoms with Gasteiger partial charge in [0.25, 0.3) is 0 Å². The molecule has 0 aromatic rings. The van der Waals surface area contributed by atoms with Crippen molar-refractivity contribution in [2.75, 3.05) is 0 Å². The normalized spacial score (nSPS) is 12.6. The third kappa shape index (κ3) is 5.65. The van der Waals surface area contributed by atoms with Crippen molar-refractivity contribution in [3.05, 3.63) is 6.92 Å². The van der Waals surface area contributed by atoms with Crippen LogP contribution in [0.4, 0.5) is 0 Å². The highest BCUT2D eigenvalue weighted by Crippen LogP contribution is 2.09. The largest absolute Gasteiger partial charge is 0.198 e. The summed E-state index contributed by atoms with van der Waals surface area (Å²) in [5.41, 5.74) is 0. The van der Waals surface area contributed by atoms with Gasteiger partial charge in [-0.25, -0.2) is 0 Å². The Morgan fingerprint density at radius 2 is 2.33 bits per heavy atom. The van der Waals surface area contributed by atoms with Gasteiger partial charge in [-0.15, -0.1) is 11.6 Å². The number of hydrogen-bond donors (Lipinski definition) is 0. The first kappa shape index (κ1) is 8.78. The molecule has 0 spiro atoms. The number of nitrogens with zero attached hydrogens (tertiary/aromatic N) is 1. The molecule has 0 N–H and O–H groups in total. The van der Waals surface area contributed by atoms with Crippen molar-refractivity contribution < 1.29 is 0 Å². The molecule has 0 aromatic heterocycles. The summed E-state index contributed by atoms with van der Waals surface area (Å²) in [5.74, 6) is 0. The Morgan fingerprint density at radius 3 is 2.78 bits per heavy atom. The third-order valence-corrected chi connectivity index (χ3v) is 1.56. The van der Waals surface area contributed by atoms with Gasteiger partial charge in [0.1, 0.15) is 0 Å². The summed E-state index contributed by atoms with van der Waals surface area (Å²) in [4.78, 5) is 0. The van der Waals surface area contributed by atoms with E-state index < -0.39 is 0 Å². The third-order valence-electron chi connectivity index (χ3n) is 1.12. The van der Waals surface area contributed by atoms with Crippen molar-refractivity contribution >= 4 is 11.6 Å². The summed E-state index contributed by atoms with van der Waals surface area (Å²) in [6.07, 6.45) is 3.19. The monoisotopic (exact) mass is 144 g/mol. The maximum atomic E-state index is 8.14. The molecular formula is C7H11ClN. The van der Waals surface area contributed by atoms with Gasteiger partial charge in [0.15, 0.2) is 0 Å². The maximum absolute atomic E-state index is 8.14. The second-order valence-corrected chi connectivity index (χ2v) is 2.55. The average Bonchev–Trinajstić information content (AvgIpc) is 1.89. The van der Waals surface area contributed by atoms with Crippen molar-refractivity contribution in [1.82, 2.24) is 0 Å². The van der Waals surface area contributed by atoms with E-state index in [1.165, 1.54) is 0 Å². The van der Waals surface area contributed by atoms with Gasteiger partial charge in [-0.2, -0.15) is 5.26 Å². The van der Waals surface area contributed by atoms with Crippen LogP contribution in [0.1, 0.15) is 25.7 Å². The Bertz CT molecular complexity index is 95.6. The molecule has 9 heavy (non-hydrogen) atoms. The SMILES string of the molecule is [CH2]CC(Cl)CCCC#N. The van der Waals surface area contributed by atoms with Crippen LogP contribution < -0.4 is 0 Å². The number of halogens is 1. The molecule has 0 heterocycles. The Kier molecular flexibility index (Phi) is 5.76. The van der Waals surface area contributed by atoms with Gasteiger partial charge in [-0.3, -0.25) is 0 Å². The minimum absolute atomic E-state index is 0.165. The van der Waals surface area contributed by atoms with E-state index in [0.29, 0.717) is 6.42 Å². The van der Waals surface area contributed by atoms with Gasteiger partial charge in [0, 0.05) is 11.8 Å². The van der Waals surface area contributed by atoms with Crippen LogP contribution in [0.3, 0.4) is 0 Å². The first-order valence-corrected chi connectivity index (χ1v) is 3.55. The molecule has 1 atom stereocenters. The van der Waals surface area contributed by atoms with Crippen molar-refractivity contribution in [2.45, 2.75) is 31.1 Å². The Labute approximate surface area is 61.6 Å². The molecular weight excluding hydrogens is 134 g/mol. The topological polar surface area (TPSA) is 23.8 Å². The standard InChI is InChI=1S/C7H11ClN/c1-2-7(8)5-3-4-6-9/h7H,1-5H2. The fraction of sp³-hybridized carbons (Fsp3) is 0.714. The summed E-state index contributed by atoms with van der Waals surface area (Å²) >= 11 is 5.73. The lowest BCUT2D eigenvalue weighted by Crippen LogP contribution is -1.94. The molecule has 0 aliphatic carbocycles. The van der Waals surface area contributed by atoms with Crippen LogP contribution in [0.15, 0.2) is 0 Å². The first-order valence-electron chi connectivity index (χ1n) is 3.11. The molecule has 0 aromatic carbocycles. The molecule has 0 rings (SSSR count). The first-order chi connectivity index (χ1) is 4.31. The summed E-state index contributed by atoms with van der Waals surface area (Å²) in [5, 5.41) is 8.31. The van der Waals surface area contributed by atoms with E-state index in [4.69, 9.17) is 16.9 Å². The zero-order valence-corrected chi connectivity index (χ0v) is 6.19. The predicted octanol–water partition coefficient (Wildman–Crippen LogP) is 2.51. The van der Waals surface area contributed by atoms with E-state index in [0.717, 1.165) is 19.3 Å². The molecule has 1 radical (unpaired) electrons. The van der Waals surface area contributed by atoms with Gasteiger partial charge in [-0.1, -0.05) is 6.92 Å². The molecule has 1 nitrogen and oxygen atoms in total. The van der Waals surface area contributed by atoms with Crippen molar-refractivity contribution in [3.8, 4) is 6.07 Å². The summed E-state index contributed by atoms with van der Waals surface area (Å²) in [6, 6.07) is 2.07. The van der Waals surface area contributed by atoms with Crippen LogP contribution >= 0.6 is 11.6 Å². The van der Waals surface area contributed by atoms with Crippen LogP contribution in [-0.4, -0.2) is 5.38 Å². The van der Waals surface area contributed by atoms with Gasteiger partial charge >= 0.3 is 0 Å². The average molecular weight is 145 g/mol. The van der Waals surface area contributed by atoms with Crippen LogP contribution in [0.2, 0.25) is 0 Å². The van der Waals surface area contributed by atoms with E-state index in [-0.39, 0.29) is 5.38 Å². The number of unbranched alkanes of at least 4 members (excludes halogenated alkanes) is 1. The molecule has 0 fully saturated rings. The highest BCUT2D eigenvalue weighted by molar-refractivity contribution is 6.20. The number of nitriles is 1. The number of alkyl halides is 1. The highest BCUT2D eigenvalue weighted by atomic mass is 35.5. The minimum Gasteiger partial charge on any atom is -0.198 e. The molecule has 0 amide bonds. The molecule has 0 saturated heterocycles. The zero-order valence-electron chi connectivity index (χ0n) is 5.44. The lowest BCUT2D eigenvalue weighted by atomic mass is 10.2. The Hall–Kier alpha value is -0.220. The van der Waals surface area contributed by atoms with Crippen molar-refractivity contribution in [2.24, 2.45) is 0 Å². The second kappa shape index (κ2) is 5.91. The van der Waals surface area contributed by atoms with E-state index in [1.807, 2.05) is 0 Å². The van der Waals surface area contributed by atoms with Gasteiger partial charge in [0.2, 0.25) is 0 Å². The van der Waals surface area contributed by atoms with Crippen LogP contribution in [0, 0.1) is 18.3 Å². The number of rotatable bonds is 4. The minimum atomic E-state index is 0.165. The summed E-state index contributed by atoms with van der Waals surface area (Å²) in [6.45, 7) is 3.65. The van der Waals surface area contributed by atoms with Gasteiger partial charge < -0.3 is 0 Å². The number of hydrogen-bond acceptors (Lipinski definition) is 1. The zero-order chi connectivity index (χ0) is 7.11. The van der Waals surface area contributed by atoms with E-state index >= 15 is 0 Å². The van der Waals surface area contributed by atoms with E-state index in [1.54, 1.807) is 0 Å². The summed E-state index contributed by atoms with van der Waals surface area (Å²) in [7, 11) is 0. The highest BCUT2D eigenvalue weighted by Gasteiger charge is 1.98. The quantitative estimate of drug-likeness (QED) is 0.440. The molecule has 2 heteroatoms.